The molecule has 0 aromatic heterocycles. The Hall–Kier alpha value is -1.06. The van der Waals surface area contributed by atoms with E-state index in [0.717, 1.165) is 38.2 Å². The number of rotatable bonds is 9. The van der Waals surface area contributed by atoms with Gasteiger partial charge in [0.05, 0.1) is 0 Å². The number of ether oxygens (including phenoxy) is 2. The lowest BCUT2D eigenvalue weighted by atomic mass is 9.85. The summed E-state index contributed by atoms with van der Waals surface area (Å²) in [6, 6.07) is 8.94. The molecule has 0 heterocycles. The van der Waals surface area contributed by atoms with Crippen molar-refractivity contribution in [1.29, 1.82) is 0 Å². The molecule has 0 spiro atoms. The Balaban J connectivity index is 1.88. The zero-order valence-corrected chi connectivity index (χ0v) is 13.6. The molecule has 21 heavy (non-hydrogen) atoms. The van der Waals surface area contributed by atoms with Crippen LogP contribution < -0.4 is 10.1 Å². The smallest absolute Gasteiger partial charge is 0.128 e. The van der Waals surface area contributed by atoms with Gasteiger partial charge in [0.25, 0.3) is 0 Å². The highest BCUT2D eigenvalue weighted by Gasteiger charge is 2.43. The lowest BCUT2D eigenvalue weighted by Crippen LogP contribution is -2.61. The van der Waals surface area contributed by atoms with E-state index in [4.69, 9.17) is 9.47 Å². The van der Waals surface area contributed by atoms with Crippen LogP contribution in [0.25, 0.3) is 0 Å². The molecule has 1 saturated carbocycles. The Labute approximate surface area is 129 Å². The van der Waals surface area contributed by atoms with E-state index in [-0.39, 0.29) is 12.2 Å². The van der Waals surface area contributed by atoms with Crippen LogP contribution in [0.3, 0.4) is 0 Å². The van der Waals surface area contributed by atoms with Crippen LogP contribution in [-0.2, 0) is 11.2 Å². The van der Waals surface area contributed by atoms with Crippen LogP contribution >= 0.6 is 0 Å². The van der Waals surface area contributed by atoms with Crippen molar-refractivity contribution < 1.29 is 9.47 Å². The van der Waals surface area contributed by atoms with E-state index >= 15 is 0 Å². The number of hydrogen-bond donors (Lipinski definition) is 1. The van der Waals surface area contributed by atoms with Crippen molar-refractivity contribution >= 4 is 0 Å². The first-order valence-corrected chi connectivity index (χ1v) is 8.39. The van der Waals surface area contributed by atoms with Crippen molar-refractivity contribution in [3.8, 4) is 5.75 Å². The number of aryl methyl sites for hydroxylation is 1. The standard InChI is InChI=1S/C18H29NO2/c1-4-7-14-8-10-15(11-9-14)21-17-13-16(19-6-3)18(17)20-12-5-2/h8-11,16-19H,4-7,12-13H2,1-3H3. The molecule has 0 aliphatic heterocycles. The maximum atomic E-state index is 6.10. The van der Waals surface area contributed by atoms with Crippen molar-refractivity contribution in [2.24, 2.45) is 0 Å². The summed E-state index contributed by atoms with van der Waals surface area (Å²) in [4.78, 5) is 0. The third-order valence-electron chi connectivity index (χ3n) is 3.98. The van der Waals surface area contributed by atoms with Crippen molar-refractivity contribution in [2.45, 2.75) is 64.7 Å². The van der Waals surface area contributed by atoms with E-state index in [1.54, 1.807) is 0 Å². The minimum absolute atomic E-state index is 0.178. The Bertz CT molecular complexity index is 404. The van der Waals surface area contributed by atoms with Crippen molar-refractivity contribution in [2.75, 3.05) is 13.2 Å². The van der Waals surface area contributed by atoms with Gasteiger partial charge in [0.1, 0.15) is 18.0 Å². The fourth-order valence-electron chi connectivity index (χ4n) is 2.83. The fraction of sp³-hybridized carbons (Fsp3) is 0.667. The highest BCUT2D eigenvalue weighted by Crippen LogP contribution is 2.29. The summed E-state index contributed by atoms with van der Waals surface area (Å²) in [6.07, 6.45) is 4.75. The van der Waals surface area contributed by atoms with E-state index in [2.05, 4.69) is 50.4 Å². The average Bonchev–Trinajstić information content (AvgIpc) is 2.48. The minimum atomic E-state index is 0.178. The second kappa shape index (κ2) is 8.40. The molecule has 118 valence electrons. The van der Waals surface area contributed by atoms with Crippen LogP contribution in [0, 0.1) is 0 Å². The van der Waals surface area contributed by atoms with Gasteiger partial charge in [0.15, 0.2) is 0 Å². The van der Waals surface area contributed by atoms with Crippen LogP contribution in [-0.4, -0.2) is 31.4 Å². The molecule has 3 nitrogen and oxygen atoms in total. The number of hydrogen-bond acceptors (Lipinski definition) is 3. The molecular weight excluding hydrogens is 262 g/mol. The Morgan fingerprint density at radius 3 is 2.48 bits per heavy atom. The summed E-state index contributed by atoms with van der Waals surface area (Å²) in [7, 11) is 0. The molecule has 0 bridgehead atoms. The van der Waals surface area contributed by atoms with E-state index in [1.165, 1.54) is 12.0 Å². The first-order chi connectivity index (χ1) is 10.3. The lowest BCUT2D eigenvalue weighted by molar-refractivity contribution is -0.107. The van der Waals surface area contributed by atoms with Crippen LogP contribution in [0.4, 0.5) is 0 Å². The van der Waals surface area contributed by atoms with Gasteiger partial charge in [-0.2, -0.15) is 0 Å². The van der Waals surface area contributed by atoms with Gasteiger partial charge in [0, 0.05) is 19.1 Å². The monoisotopic (exact) mass is 291 g/mol. The minimum Gasteiger partial charge on any atom is -0.488 e. The Morgan fingerprint density at radius 1 is 1.10 bits per heavy atom. The summed E-state index contributed by atoms with van der Waals surface area (Å²) in [5, 5.41) is 3.48. The SMILES string of the molecule is CCCOC1C(NCC)CC1Oc1ccc(CCC)cc1. The Kier molecular flexibility index (Phi) is 6.52. The maximum Gasteiger partial charge on any atom is 0.128 e. The van der Waals surface area contributed by atoms with Gasteiger partial charge in [0.2, 0.25) is 0 Å². The molecule has 0 radical (unpaired) electrons. The topological polar surface area (TPSA) is 30.5 Å². The maximum absolute atomic E-state index is 6.10. The van der Waals surface area contributed by atoms with E-state index in [0.29, 0.717) is 6.04 Å². The molecule has 0 saturated heterocycles. The van der Waals surface area contributed by atoms with Gasteiger partial charge >= 0.3 is 0 Å². The summed E-state index contributed by atoms with van der Waals surface area (Å²) in [5.41, 5.74) is 1.38. The molecule has 0 amide bonds. The molecule has 3 unspecified atom stereocenters. The Morgan fingerprint density at radius 2 is 1.86 bits per heavy atom. The third-order valence-corrected chi connectivity index (χ3v) is 3.98. The van der Waals surface area contributed by atoms with Gasteiger partial charge in [-0.15, -0.1) is 0 Å². The van der Waals surface area contributed by atoms with E-state index in [1.807, 2.05) is 0 Å². The fourth-order valence-corrected chi connectivity index (χ4v) is 2.83. The lowest BCUT2D eigenvalue weighted by Gasteiger charge is -2.44. The molecule has 1 N–H and O–H groups in total. The molecule has 2 rings (SSSR count). The van der Waals surface area contributed by atoms with Crippen molar-refractivity contribution in [1.82, 2.24) is 5.32 Å². The molecule has 1 fully saturated rings. The van der Waals surface area contributed by atoms with Crippen LogP contribution in [0.1, 0.15) is 45.6 Å². The van der Waals surface area contributed by atoms with Gasteiger partial charge in [-0.3, -0.25) is 0 Å². The quantitative estimate of drug-likeness (QED) is 0.754. The third kappa shape index (κ3) is 4.45. The van der Waals surface area contributed by atoms with Gasteiger partial charge < -0.3 is 14.8 Å². The predicted octanol–water partition coefficient (Wildman–Crippen LogP) is 3.56. The summed E-state index contributed by atoms with van der Waals surface area (Å²) < 4.78 is 12.1. The first-order valence-electron chi connectivity index (χ1n) is 8.39. The van der Waals surface area contributed by atoms with Crippen molar-refractivity contribution in [3.05, 3.63) is 29.8 Å². The molecule has 3 heteroatoms. The van der Waals surface area contributed by atoms with Gasteiger partial charge in [-0.1, -0.05) is 39.3 Å². The number of nitrogens with one attached hydrogen (secondary N) is 1. The summed E-state index contributed by atoms with van der Waals surface area (Å²) in [5.74, 6) is 0.958. The van der Waals surface area contributed by atoms with Crippen LogP contribution in [0.2, 0.25) is 0 Å². The van der Waals surface area contributed by atoms with Crippen molar-refractivity contribution in [3.63, 3.8) is 0 Å². The average molecular weight is 291 g/mol. The molecular formula is C18H29NO2. The zero-order valence-electron chi connectivity index (χ0n) is 13.6. The first kappa shape index (κ1) is 16.3. The van der Waals surface area contributed by atoms with Gasteiger partial charge in [-0.05, 0) is 37.1 Å². The van der Waals surface area contributed by atoms with E-state index < -0.39 is 0 Å². The van der Waals surface area contributed by atoms with E-state index in [9.17, 15) is 0 Å². The van der Waals surface area contributed by atoms with Gasteiger partial charge in [-0.25, -0.2) is 0 Å². The molecule has 3 atom stereocenters. The second-order valence-electron chi connectivity index (χ2n) is 5.79. The molecule has 1 aliphatic carbocycles. The second-order valence-corrected chi connectivity index (χ2v) is 5.79. The summed E-state index contributed by atoms with van der Waals surface area (Å²) in [6.45, 7) is 8.27. The largest absolute Gasteiger partial charge is 0.488 e. The summed E-state index contributed by atoms with van der Waals surface area (Å²) >= 11 is 0. The molecule has 1 aromatic rings. The molecule has 1 aliphatic rings. The molecule has 1 aromatic carbocycles. The normalized spacial score (nSPS) is 24.6. The number of likely N-dealkylation sites (N-methyl/N-ethyl adjacent to an activating group) is 1. The van der Waals surface area contributed by atoms with Crippen LogP contribution in [0.15, 0.2) is 24.3 Å². The van der Waals surface area contributed by atoms with Crippen LogP contribution in [0.5, 0.6) is 5.75 Å². The predicted molar refractivity (Wildman–Crippen MR) is 87.0 cm³/mol. The highest BCUT2D eigenvalue weighted by molar-refractivity contribution is 5.28. The highest BCUT2D eigenvalue weighted by atomic mass is 16.5. The zero-order chi connectivity index (χ0) is 15.1. The number of benzene rings is 1.